The van der Waals surface area contributed by atoms with Crippen molar-refractivity contribution in [1.29, 1.82) is 0 Å². The van der Waals surface area contributed by atoms with Crippen LogP contribution in [0.2, 0.25) is 0 Å². The lowest BCUT2D eigenvalue weighted by Gasteiger charge is -1.98. The van der Waals surface area contributed by atoms with Crippen molar-refractivity contribution in [2.24, 2.45) is 0 Å². The van der Waals surface area contributed by atoms with Crippen LogP contribution < -0.4 is 5.73 Å². The maximum absolute atomic E-state index is 3.80. The highest BCUT2D eigenvalue weighted by Gasteiger charge is 1.95. The predicted octanol–water partition coefficient (Wildman–Crippen LogP) is 1.23. The standard InChI is InChI=1S/C8H10BrN/c9-8-4-2-1-3-7(8)5-6-10/h1-4H,5-6,10H2/p+1. The van der Waals surface area contributed by atoms with Crippen LogP contribution in [0.4, 0.5) is 0 Å². The van der Waals surface area contributed by atoms with Crippen molar-refractivity contribution >= 4 is 15.9 Å². The maximum Gasteiger partial charge on any atom is 0.0781 e. The Labute approximate surface area is 69.4 Å². The first-order valence-electron chi connectivity index (χ1n) is 3.37. The monoisotopic (exact) mass is 200 g/mol. The van der Waals surface area contributed by atoms with E-state index in [0.29, 0.717) is 0 Å². The highest BCUT2D eigenvalue weighted by molar-refractivity contribution is 9.10. The van der Waals surface area contributed by atoms with Crippen LogP contribution in [0.1, 0.15) is 5.56 Å². The molecule has 0 atom stereocenters. The molecule has 0 unspecified atom stereocenters. The van der Waals surface area contributed by atoms with E-state index in [9.17, 15) is 0 Å². The summed E-state index contributed by atoms with van der Waals surface area (Å²) in [7, 11) is 0. The summed E-state index contributed by atoms with van der Waals surface area (Å²) in [5, 5.41) is 0. The topological polar surface area (TPSA) is 27.6 Å². The lowest BCUT2D eigenvalue weighted by molar-refractivity contribution is -0.366. The molecule has 0 saturated heterocycles. The van der Waals surface area contributed by atoms with E-state index in [2.05, 4.69) is 39.9 Å². The van der Waals surface area contributed by atoms with Gasteiger partial charge in [-0.1, -0.05) is 34.1 Å². The van der Waals surface area contributed by atoms with Crippen molar-refractivity contribution in [2.45, 2.75) is 6.42 Å². The summed E-state index contributed by atoms with van der Waals surface area (Å²) in [4.78, 5) is 0. The fraction of sp³-hybridized carbons (Fsp3) is 0.250. The first kappa shape index (κ1) is 7.76. The van der Waals surface area contributed by atoms with Gasteiger partial charge in [0.15, 0.2) is 0 Å². The molecule has 1 aromatic carbocycles. The van der Waals surface area contributed by atoms with Gasteiger partial charge in [0.1, 0.15) is 0 Å². The third-order valence-electron chi connectivity index (χ3n) is 1.40. The molecule has 0 bridgehead atoms. The Bertz CT molecular complexity index is 210. The lowest BCUT2D eigenvalue weighted by Crippen LogP contribution is -2.51. The summed E-state index contributed by atoms with van der Waals surface area (Å²) in [5.74, 6) is 0. The van der Waals surface area contributed by atoms with Crippen molar-refractivity contribution < 1.29 is 5.73 Å². The zero-order valence-electron chi connectivity index (χ0n) is 5.81. The van der Waals surface area contributed by atoms with Crippen molar-refractivity contribution in [2.75, 3.05) is 6.54 Å². The van der Waals surface area contributed by atoms with Gasteiger partial charge < -0.3 is 5.73 Å². The normalized spacial score (nSPS) is 9.80. The maximum atomic E-state index is 3.80. The van der Waals surface area contributed by atoms with Crippen molar-refractivity contribution in [3.05, 3.63) is 34.3 Å². The van der Waals surface area contributed by atoms with Crippen LogP contribution in [-0.2, 0) is 6.42 Å². The van der Waals surface area contributed by atoms with E-state index < -0.39 is 0 Å². The van der Waals surface area contributed by atoms with Crippen molar-refractivity contribution in [1.82, 2.24) is 0 Å². The SMILES string of the molecule is [NH3+]CCc1ccccc1Br. The van der Waals surface area contributed by atoms with Crippen LogP contribution in [0.5, 0.6) is 0 Å². The molecule has 0 spiro atoms. The average Bonchev–Trinajstić information content (AvgIpc) is 1.94. The summed E-state index contributed by atoms with van der Waals surface area (Å²) in [6, 6.07) is 8.26. The van der Waals surface area contributed by atoms with Gasteiger partial charge in [0.05, 0.1) is 6.54 Å². The number of hydrogen-bond donors (Lipinski definition) is 1. The molecule has 1 aromatic rings. The molecule has 0 aliphatic carbocycles. The Morgan fingerprint density at radius 2 is 2.00 bits per heavy atom. The van der Waals surface area contributed by atoms with Gasteiger partial charge in [0.2, 0.25) is 0 Å². The van der Waals surface area contributed by atoms with E-state index in [1.54, 1.807) is 0 Å². The molecule has 10 heavy (non-hydrogen) atoms. The second kappa shape index (κ2) is 3.74. The molecule has 0 saturated carbocycles. The van der Waals surface area contributed by atoms with Gasteiger partial charge in [-0.05, 0) is 11.6 Å². The number of rotatable bonds is 2. The van der Waals surface area contributed by atoms with E-state index in [1.165, 1.54) is 10.0 Å². The zero-order valence-corrected chi connectivity index (χ0v) is 7.39. The van der Waals surface area contributed by atoms with Crippen LogP contribution in [0, 0.1) is 0 Å². The van der Waals surface area contributed by atoms with Gasteiger partial charge in [-0.2, -0.15) is 0 Å². The van der Waals surface area contributed by atoms with E-state index in [1.807, 2.05) is 6.07 Å². The first-order chi connectivity index (χ1) is 4.84. The number of halogens is 1. The highest BCUT2D eigenvalue weighted by atomic mass is 79.9. The Hall–Kier alpha value is -0.340. The minimum atomic E-state index is 0.961. The highest BCUT2D eigenvalue weighted by Crippen LogP contribution is 2.15. The molecule has 0 radical (unpaired) electrons. The molecular formula is C8H11BrN+. The van der Waals surface area contributed by atoms with Crippen LogP contribution in [0.15, 0.2) is 28.7 Å². The second-order valence-electron chi connectivity index (χ2n) is 2.19. The Balaban J connectivity index is 2.81. The predicted molar refractivity (Wildman–Crippen MR) is 45.6 cm³/mol. The smallest absolute Gasteiger partial charge is 0.0781 e. The molecule has 0 heterocycles. The largest absolute Gasteiger partial charge is 0.357 e. The Morgan fingerprint density at radius 1 is 1.30 bits per heavy atom. The fourth-order valence-corrected chi connectivity index (χ4v) is 1.37. The molecule has 0 aromatic heterocycles. The van der Waals surface area contributed by atoms with Crippen LogP contribution in [-0.4, -0.2) is 6.54 Å². The van der Waals surface area contributed by atoms with Gasteiger partial charge in [-0.3, -0.25) is 0 Å². The lowest BCUT2D eigenvalue weighted by atomic mass is 10.2. The second-order valence-corrected chi connectivity index (χ2v) is 3.05. The molecule has 54 valence electrons. The van der Waals surface area contributed by atoms with Crippen molar-refractivity contribution in [3.8, 4) is 0 Å². The number of quaternary nitrogens is 1. The van der Waals surface area contributed by atoms with Crippen LogP contribution >= 0.6 is 15.9 Å². The Kier molecular flexibility index (Phi) is 2.90. The zero-order chi connectivity index (χ0) is 7.40. The van der Waals surface area contributed by atoms with Gasteiger partial charge in [0, 0.05) is 10.9 Å². The third-order valence-corrected chi connectivity index (χ3v) is 2.18. The number of hydrogen-bond acceptors (Lipinski definition) is 0. The molecule has 3 N–H and O–H groups in total. The van der Waals surface area contributed by atoms with E-state index in [4.69, 9.17) is 0 Å². The molecule has 1 rings (SSSR count). The van der Waals surface area contributed by atoms with E-state index in [-0.39, 0.29) is 0 Å². The minimum Gasteiger partial charge on any atom is -0.357 e. The fourth-order valence-electron chi connectivity index (χ4n) is 0.892. The van der Waals surface area contributed by atoms with Gasteiger partial charge in [-0.25, -0.2) is 0 Å². The molecule has 0 aliphatic rings. The third kappa shape index (κ3) is 1.82. The van der Waals surface area contributed by atoms with Crippen molar-refractivity contribution in [3.63, 3.8) is 0 Å². The minimum absolute atomic E-state index is 0.961. The molecule has 1 nitrogen and oxygen atoms in total. The molecule has 0 fully saturated rings. The molecule has 0 amide bonds. The molecular weight excluding hydrogens is 190 g/mol. The Morgan fingerprint density at radius 3 is 2.60 bits per heavy atom. The summed E-state index contributed by atoms with van der Waals surface area (Å²) in [6.45, 7) is 0.961. The number of benzene rings is 1. The van der Waals surface area contributed by atoms with E-state index >= 15 is 0 Å². The first-order valence-corrected chi connectivity index (χ1v) is 4.16. The van der Waals surface area contributed by atoms with E-state index in [0.717, 1.165) is 13.0 Å². The summed E-state index contributed by atoms with van der Waals surface area (Å²) >= 11 is 3.47. The molecule has 2 heteroatoms. The molecule has 0 aliphatic heterocycles. The van der Waals surface area contributed by atoms with Crippen LogP contribution in [0.25, 0.3) is 0 Å². The van der Waals surface area contributed by atoms with Gasteiger partial charge in [0.25, 0.3) is 0 Å². The van der Waals surface area contributed by atoms with Crippen LogP contribution in [0.3, 0.4) is 0 Å². The van der Waals surface area contributed by atoms with Gasteiger partial charge in [-0.15, -0.1) is 0 Å². The summed E-state index contributed by atoms with van der Waals surface area (Å²) in [5.41, 5.74) is 5.15. The average molecular weight is 201 g/mol. The van der Waals surface area contributed by atoms with Gasteiger partial charge >= 0.3 is 0 Å². The summed E-state index contributed by atoms with van der Waals surface area (Å²) < 4.78 is 1.19. The quantitative estimate of drug-likeness (QED) is 0.745. The summed E-state index contributed by atoms with van der Waals surface area (Å²) in [6.07, 6.45) is 1.06.